The van der Waals surface area contributed by atoms with Gasteiger partial charge in [0.15, 0.2) is 0 Å². The van der Waals surface area contributed by atoms with E-state index in [-0.39, 0.29) is 28.6 Å². The average molecular weight is 504 g/mol. The number of piperidine rings is 1. The zero-order valence-corrected chi connectivity index (χ0v) is 20.3. The maximum absolute atomic E-state index is 12.8. The van der Waals surface area contributed by atoms with Crippen LogP contribution in [0.5, 0.6) is 0 Å². The molecular formula is C22H25N5O5S2. The lowest BCUT2D eigenvalue weighted by Gasteiger charge is -2.31. The molecule has 1 aliphatic heterocycles. The molecule has 1 atom stereocenters. The van der Waals surface area contributed by atoms with Gasteiger partial charge in [-0.25, -0.2) is 17.9 Å². The summed E-state index contributed by atoms with van der Waals surface area (Å²) in [5.74, 6) is -0.499. The minimum atomic E-state index is -3.87. The van der Waals surface area contributed by atoms with Crippen molar-refractivity contribution in [2.45, 2.75) is 31.6 Å². The second-order valence-corrected chi connectivity index (χ2v) is 10.7. The van der Waals surface area contributed by atoms with Crippen molar-refractivity contribution in [1.29, 1.82) is 0 Å². The third-order valence-electron chi connectivity index (χ3n) is 5.65. The Morgan fingerprint density at radius 1 is 1.15 bits per heavy atom. The number of carbonyl (C=O) groups is 2. The zero-order valence-electron chi connectivity index (χ0n) is 18.7. The molecule has 0 aliphatic carbocycles. The Bertz CT molecular complexity index is 1270. The molecule has 1 aromatic carbocycles. The van der Waals surface area contributed by atoms with E-state index in [2.05, 4.69) is 20.5 Å². The number of thiophene rings is 1. The number of likely N-dealkylation sites (tertiary alicyclic amines) is 1. The predicted molar refractivity (Wildman–Crippen MR) is 129 cm³/mol. The summed E-state index contributed by atoms with van der Waals surface area (Å²) in [5, 5.41) is 12.0. The van der Waals surface area contributed by atoms with Gasteiger partial charge in [0, 0.05) is 24.3 Å². The maximum Gasteiger partial charge on any atom is 0.322 e. The van der Waals surface area contributed by atoms with E-state index in [1.54, 1.807) is 18.7 Å². The summed E-state index contributed by atoms with van der Waals surface area (Å²) >= 11 is 1.44. The normalized spacial score (nSPS) is 16.2. The highest BCUT2D eigenvalue weighted by molar-refractivity contribution is 7.92. The van der Waals surface area contributed by atoms with Crippen molar-refractivity contribution in [1.82, 2.24) is 10.1 Å². The van der Waals surface area contributed by atoms with E-state index in [0.29, 0.717) is 36.5 Å². The van der Waals surface area contributed by atoms with E-state index >= 15 is 0 Å². The number of aromatic nitrogens is 1. The van der Waals surface area contributed by atoms with E-state index in [0.717, 1.165) is 11.4 Å². The number of rotatable bonds is 6. The molecule has 34 heavy (non-hydrogen) atoms. The van der Waals surface area contributed by atoms with Crippen molar-refractivity contribution >= 4 is 49.9 Å². The highest BCUT2D eigenvalue weighted by atomic mass is 32.2. The Balaban J connectivity index is 1.35. The van der Waals surface area contributed by atoms with Crippen molar-refractivity contribution < 1.29 is 22.5 Å². The minimum absolute atomic E-state index is 0.0213. The van der Waals surface area contributed by atoms with Crippen molar-refractivity contribution in [3.05, 3.63) is 53.0 Å². The van der Waals surface area contributed by atoms with Gasteiger partial charge in [0.25, 0.3) is 10.0 Å². The molecule has 3 aromatic rings. The molecule has 0 bridgehead atoms. The lowest BCUT2D eigenvalue weighted by Crippen LogP contribution is -2.45. The Kier molecular flexibility index (Phi) is 6.89. The summed E-state index contributed by atoms with van der Waals surface area (Å²) in [5.41, 5.74) is 1.68. The first kappa shape index (κ1) is 23.8. The van der Waals surface area contributed by atoms with Crippen molar-refractivity contribution in [2.24, 2.45) is 5.92 Å². The second-order valence-electron chi connectivity index (χ2n) is 8.03. The summed E-state index contributed by atoms with van der Waals surface area (Å²) < 4.78 is 32.7. The van der Waals surface area contributed by atoms with Gasteiger partial charge >= 0.3 is 6.03 Å². The highest BCUT2D eigenvalue weighted by Crippen LogP contribution is 2.24. The number of hydrogen-bond acceptors (Lipinski definition) is 7. The summed E-state index contributed by atoms with van der Waals surface area (Å²) in [6.07, 6.45) is 1.39. The smallest absolute Gasteiger partial charge is 0.322 e. The van der Waals surface area contributed by atoms with Crippen molar-refractivity contribution in [2.75, 3.05) is 28.4 Å². The molecule has 2 aromatic heterocycles. The molecule has 1 saturated heterocycles. The number of carbonyl (C=O) groups excluding carboxylic acids is 2. The maximum atomic E-state index is 12.8. The van der Waals surface area contributed by atoms with Crippen LogP contribution in [0, 0.1) is 19.8 Å². The Labute approximate surface area is 201 Å². The summed E-state index contributed by atoms with van der Waals surface area (Å²) in [7, 11) is -3.87. The van der Waals surface area contributed by atoms with Gasteiger partial charge in [0.1, 0.15) is 0 Å². The third-order valence-corrected chi connectivity index (χ3v) is 7.78. The molecule has 180 valence electrons. The van der Waals surface area contributed by atoms with Crippen molar-refractivity contribution in [3.63, 3.8) is 0 Å². The summed E-state index contributed by atoms with van der Waals surface area (Å²) in [4.78, 5) is 27.0. The van der Waals surface area contributed by atoms with Gasteiger partial charge in [-0.1, -0.05) is 5.16 Å². The number of urea groups is 1. The van der Waals surface area contributed by atoms with Crippen LogP contribution >= 0.6 is 11.3 Å². The predicted octanol–water partition coefficient (Wildman–Crippen LogP) is 4.04. The van der Waals surface area contributed by atoms with Crippen LogP contribution in [0.1, 0.15) is 24.1 Å². The summed E-state index contributed by atoms with van der Waals surface area (Å²) in [6.45, 7) is 4.33. The van der Waals surface area contributed by atoms with E-state index in [1.165, 1.54) is 35.6 Å². The first-order valence-corrected chi connectivity index (χ1v) is 13.1. The van der Waals surface area contributed by atoms with Gasteiger partial charge in [0.2, 0.25) is 11.8 Å². The molecule has 12 heteroatoms. The number of amides is 3. The standard InChI is InChI=1S/C22H25N5O5S2/c1-14-15(2)25-32-21(14)26-34(30,31)18-9-7-17(8-10-18)23-20(28)16-5-3-11-27(13-16)22(29)24-19-6-4-12-33-19/h4,6-10,12,16,26H,3,5,11,13H2,1-2H3,(H,23,28)(H,24,29). The molecular weight excluding hydrogens is 478 g/mol. The third kappa shape index (κ3) is 5.39. The minimum Gasteiger partial charge on any atom is -0.337 e. The number of nitrogens with zero attached hydrogens (tertiary/aromatic N) is 2. The fraction of sp³-hybridized carbons (Fsp3) is 0.318. The number of hydrogen-bond donors (Lipinski definition) is 3. The number of aryl methyl sites for hydroxylation is 1. The van der Waals surface area contributed by atoms with Gasteiger partial charge in [-0.05, 0) is 68.5 Å². The topological polar surface area (TPSA) is 134 Å². The van der Waals surface area contributed by atoms with Gasteiger partial charge < -0.3 is 14.7 Å². The molecule has 1 unspecified atom stereocenters. The molecule has 0 saturated carbocycles. The van der Waals surface area contributed by atoms with Crippen LogP contribution in [0.25, 0.3) is 0 Å². The fourth-order valence-electron chi connectivity index (χ4n) is 3.56. The molecule has 0 radical (unpaired) electrons. The second kappa shape index (κ2) is 9.85. The van der Waals surface area contributed by atoms with Crippen LogP contribution < -0.4 is 15.4 Å². The van der Waals surface area contributed by atoms with Crippen LogP contribution in [-0.2, 0) is 14.8 Å². The fourth-order valence-corrected chi connectivity index (χ4v) is 5.22. The zero-order chi connectivity index (χ0) is 24.3. The van der Waals surface area contributed by atoms with E-state index < -0.39 is 10.0 Å². The Hall–Kier alpha value is -3.38. The number of sulfonamides is 1. The Morgan fingerprint density at radius 2 is 1.91 bits per heavy atom. The Morgan fingerprint density at radius 3 is 2.56 bits per heavy atom. The van der Waals surface area contributed by atoms with Crippen molar-refractivity contribution in [3.8, 4) is 0 Å². The molecule has 1 fully saturated rings. The number of nitrogens with one attached hydrogen (secondary N) is 3. The first-order valence-electron chi connectivity index (χ1n) is 10.7. The average Bonchev–Trinajstić information content (AvgIpc) is 3.44. The molecule has 4 rings (SSSR count). The van der Waals surface area contributed by atoms with Crippen LogP contribution in [0.3, 0.4) is 0 Å². The molecule has 1 aliphatic rings. The van der Waals surface area contributed by atoms with Crippen LogP contribution in [0.2, 0.25) is 0 Å². The van der Waals surface area contributed by atoms with Gasteiger partial charge in [-0.15, -0.1) is 11.3 Å². The first-order chi connectivity index (χ1) is 16.2. The molecule has 3 amide bonds. The highest BCUT2D eigenvalue weighted by Gasteiger charge is 2.29. The van der Waals surface area contributed by atoms with Crippen LogP contribution in [0.4, 0.5) is 21.4 Å². The molecule has 3 heterocycles. The van der Waals surface area contributed by atoms with Crippen LogP contribution in [-0.4, -0.2) is 43.5 Å². The van der Waals surface area contributed by atoms with Gasteiger partial charge in [0.05, 0.1) is 21.5 Å². The molecule has 0 spiro atoms. The van der Waals surface area contributed by atoms with Crippen LogP contribution in [0.15, 0.2) is 51.2 Å². The molecule has 10 nitrogen and oxygen atoms in total. The number of anilines is 3. The van der Waals surface area contributed by atoms with Gasteiger partial charge in [-0.3, -0.25) is 10.1 Å². The monoisotopic (exact) mass is 503 g/mol. The summed E-state index contributed by atoms with van der Waals surface area (Å²) in [6, 6.07) is 9.30. The van der Waals surface area contributed by atoms with Gasteiger partial charge in [-0.2, -0.15) is 0 Å². The van der Waals surface area contributed by atoms with E-state index in [1.807, 2.05) is 17.5 Å². The molecule has 3 N–H and O–H groups in total. The SMILES string of the molecule is Cc1noc(NS(=O)(=O)c2ccc(NC(=O)C3CCCN(C(=O)Nc4cccs4)C3)cc2)c1C. The van der Waals surface area contributed by atoms with E-state index in [4.69, 9.17) is 4.52 Å². The van der Waals surface area contributed by atoms with E-state index in [9.17, 15) is 18.0 Å². The lowest BCUT2D eigenvalue weighted by molar-refractivity contribution is -0.121. The quantitative estimate of drug-likeness (QED) is 0.465. The largest absolute Gasteiger partial charge is 0.337 e. The number of benzene rings is 1. The lowest BCUT2D eigenvalue weighted by atomic mass is 9.97.